The number of thioether (sulfide) groups is 2. The Kier molecular flexibility index (Phi) is 71.2. The van der Waals surface area contributed by atoms with Gasteiger partial charge >= 0.3 is 0 Å². The molecule has 0 bridgehead atoms. The molecule has 1 aromatic heterocycles. The highest BCUT2D eigenvalue weighted by atomic mass is 32.2. The first-order chi connectivity index (χ1) is 67.7. The molecule has 0 N–H and O–H groups in total. The van der Waals surface area contributed by atoms with Gasteiger partial charge in [-0.25, -0.2) is 0 Å². The summed E-state index contributed by atoms with van der Waals surface area (Å²) >= 11 is 6.13. The van der Waals surface area contributed by atoms with Crippen LogP contribution in [0.25, 0.3) is 31.4 Å². The third-order valence-corrected chi connectivity index (χ3v) is 35.0. The molecule has 3 heterocycles. The maximum Gasteiger partial charge on any atom is 0.123 e. The molecule has 6 nitrogen and oxygen atoms in total. The van der Waals surface area contributed by atoms with Crippen molar-refractivity contribution in [1.82, 2.24) is 0 Å². The Morgan fingerprint density at radius 1 is 0.182 bits per heavy atom. The SMILES string of the molecule is CCCCCCCCCCCCCCCCOc1cc(OCCCCCCCCCCCCCCCC)cc(C2=CC3=c4cc(-c5cc(OCCCCCCCCCCCCCCCC)cc(OCCCCCCCCCCCCCCCC)c5)sc4=C4C=C(c5cc(OCCCCCCCCCCCCCCCC)cc(OCCCCCCCCCCCCCCCC)c5)SC4(C)C3(C)S2)c1. The number of thiophene rings is 1. The average Bonchev–Trinajstić information content (AvgIpc) is 1.52. The molecule has 3 aliphatic rings. The van der Waals surface area contributed by atoms with E-state index in [1.54, 1.807) is 0 Å². The van der Waals surface area contributed by atoms with Crippen LogP contribution in [0.5, 0.6) is 34.5 Å². The summed E-state index contributed by atoms with van der Waals surface area (Å²) in [7, 11) is 0. The normalized spacial score (nSPS) is 15.1. The van der Waals surface area contributed by atoms with E-state index in [-0.39, 0.29) is 9.49 Å². The zero-order chi connectivity index (χ0) is 96.7. The van der Waals surface area contributed by atoms with Gasteiger partial charge in [0.2, 0.25) is 0 Å². The molecule has 0 amide bonds. The molecule has 9 heteroatoms. The Morgan fingerprint density at radius 2 is 0.343 bits per heavy atom. The van der Waals surface area contributed by atoms with Gasteiger partial charge in [-0.05, 0) is 140 Å². The first-order valence-electron chi connectivity index (χ1n) is 60.6. The molecule has 137 heavy (non-hydrogen) atoms. The van der Waals surface area contributed by atoms with Crippen molar-refractivity contribution < 1.29 is 28.4 Å². The van der Waals surface area contributed by atoms with Crippen LogP contribution in [-0.2, 0) is 0 Å². The van der Waals surface area contributed by atoms with Gasteiger partial charge < -0.3 is 28.4 Å². The van der Waals surface area contributed by atoms with Crippen molar-refractivity contribution in [3.63, 3.8) is 0 Å². The average molecular weight is 1950 g/mol. The minimum atomic E-state index is -0.359. The standard InChI is InChI=1S/C128H216O6S3/c1-9-15-21-27-33-39-45-51-57-63-69-75-81-87-93-129-114-99-111(100-115(105-114)130-94-88-82-76-70-64-58-52-46-40-34-28-22-16-10-2)123-108-120-121-109-124(112-101-116(131-95-89-83-77-71-65-59-53-47-41-35-29-23-17-11-3)106-117(102-112)132-96-90-84-78-72-66-60-54-48-42-36-30-24-18-12-4)136-127(121,7)128(8)122(126(120)135-123)110-125(137-128)113-103-118(133-97-91-85-79-73-67-61-55-49-43-37-31-25-19-13-5)107-119(104-113)134-98-92-86-80-74-68-62-56-50-44-38-32-26-20-14-6/h99-110H,9-98H2,1-8H3. The minimum absolute atomic E-state index is 0.356. The van der Waals surface area contributed by atoms with E-state index < -0.39 is 0 Å². The number of fused-ring (bicyclic) bond motifs is 4. The van der Waals surface area contributed by atoms with Crippen molar-refractivity contribution in [2.75, 3.05) is 39.6 Å². The number of unbranched alkanes of at least 4 members (excludes halogenated alkanes) is 78. The largest absolute Gasteiger partial charge is 0.493 e. The fraction of sp³-hybridized carbons (Fsp3) is 0.781. The van der Waals surface area contributed by atoms with E-state index in [2.05, 4.69) is 152 Å². The molecule has 0 spiro atoms. The summed E-state index contributed by atoms with van der Waals surface area (Å²) in [6.45, 7) is 23.4. The van der Waals surface area contributed by atoms with Crippen LogP contribution in [0.1, 0.15) is 606 Å². The Morgan fingerprint density at radius 3 is 0.533 bits per heavy atom. The second-order valence-corrected chi connectivity index (χ2v) is 47.2. The van der Waals surface area contributed by atoms with Crippen LogP contribution in [0.4, 0.5) is 0 Å². The molecule has 782 valence electrons. The van der Waals surface area contributed by atoms with Crippen molar-refractivity contribution in [1.29, 1.82) is 0 Å². The summed E-state index contributed by atoms with van der Waals surface area (Å²) in [5, 5.41) is 1.35. The Hall–Kier alpha value is -3.92. The molecule has 0 saturated heterocycles. The number of rotatable bonds is 99. The summed E-state index contributed by atoms with van der Waals surface area (Å²) < 4.78 is 42.3. The van der Waals surface area contributed by atoms with Crippen molar-refractivity contribution in [2.45, 2.75) is 604 Å². The van der Waals surface area contributed by atoms with Crippen LogP contribution < -0.4 is 38.2 Å². The molecule has 0 radical (unpaired) electrons. The molecule has 1 aliphatic carbocycles. The third-order valence-electron chi connectivity index (χ3n) is 30.5. The van der Waals surface area contributed by atoms with Crippen molar-refractivity contribution in [2.24, 2.45) is 0 Å². The first-order valence-corrected chi connectivity index (χ1v) is 63.1. The third kappa shape index (κ3) is 53.1. The van der Waals surface area contributed by atoms with E-state index in [1.807, 2.05) is 11.3 Å². The molecule has 7 rings (SSSR count). The van der Waals surface area contributed by atoms with Gasteiger partial charge in [0.15, 0.2) is 0 Å². The van der Waals surface area contributed by atoms with Crippen LogP contribution >= 0.6 is 34.9 Å². The zero-order valence-electron chi connectivity index (χ0n) is 91.2. The summed E-state index contributed by atoms with van der Waals surface area (Å²) in [5.41, 5.74) is 6.39. The highest BCUT2D eigenvalue weighted by Gasteiger charge is 2.58. The molecular formula is C128H216O6S3. The number of allylic oxidation sites excluding steroid dienone is 2. The maximum atomic E-state index is 6.94. The number of hydrogen-bond acceptors (Lipinski definition) is 9. The van der Waals surface area contributed by atoms with Crippen LogP contribution in [-0.4, -0.2) is 49.1 Å². The number of ether oxygens (including phenoxy) is 6. The fourth-order valence-electron chi connectivity index (χ4n) is 21.3. The summed E-state index contributed by atoms with van der Waals surface area (Å²) in [6, 6.07) is 23.3. The van der Waals surface area contributed by atoms with E-state index in [0.717, 1.165) is 113 Å². The lowest BCUT2D eigenvalue weighted by atomic mass is 9.77. The van der Waals surface area contributed by atoms with E-state index in [1.165, 1.54) is 553 Å². The summed E-state index contributed by atoms with van der Waals surface area (Å²) in [6.07, 6.45) is 118. The molecule has 2 atom stereocenters. The predicted molar refractivity (Wildman–Crippen MR) is 611 cm³/mol. The lowest BCUT2D eigenvalue weighted by Crippen LogP contribution is -2.52. The Balaban J connectivity index is 1.18. The smallest absolute Gasteiger partial charge is 0.123 e. The van der Waals surface area contributed by atoms with Crippen molar-refractivity contribution >= 4 is 55.8 Å². The molecule has 2 aliphatic heterocycles. The molecule has 2 unspecified atom stereocenters. The maximum absolute atomic E-state index is 6.94. The topological polar surface area (TPSA) is 55.4 Å². The predicted octanol–water partition coefficient (Wildman–Crippen LogP) is 43.0. The van der Waals surface area contributed by atoms with Crippen molar-refractivity contribution in [3.8, 4) is 44.9 Å². The minimum Gasteiger partial charge on any atom is -0.493 e. The highest BCUT2D eigenvalue weighted by Crippen LogP contribution is 2.67. The van der Waals surface area contributed by atoms with Crippen LogP contribution in [0, 0.1) is 0 Å². The quantitative estimate of drug-likeness (QED) is 0.0405. The molecular weight excluding hydrogens is 1730 g/mol. The lowest BCUT2D eigenvalue weighted by molar-refractivity contribution is 0.289. The monoisotopic (exact) mass is 1950 g/mol. The van der Waals surface area contributed by atoms with Crippen LogP contribution in [0.2, 0.25) is 0 Å². The van der Waals surface area contributed by atoms with E-state index in [0.29, 0.717) is 0 Å². The van der Waals surface area contributed by atoms with E-state index in [4.69, 9.17) is 28.4 Å². The van der Waals surface area contributed by atoms with Gasteiger partial charge in [0.25, 0.3) is 0 Å². The molecule has 3 aromatic carbocycles. The Labute approximate surface area is 860 Å². The van der Waals surface area contributed by atoms with E-state index in [9.17, 15) is 0 Å². The highest BCUT2D eigenvalue weighted by molar-refractivity contribution is 8.14. The van der Waals surface area contributed by atoms with Gasteiger partial charge in [0.05, 0.1) is 49.1 Å². The second kappa shape index (κ2) is 81.3. The fourth-order valence-corrected chi connectivity index (χ4v) is 25.7. The van der Waals surface area contributed by atoms with Gasteiger partial charge in [-0.1, -0.05) is 542 Å². The molecule has 0 fully saturated rings. The number of benzene rings is 3. The van der Waals surface area contributed by atoms with Gasteiger partial charge in [0.1, 0.15) is 34.5 Å². The lowest BCUT2D eigenvalue weighted by Gasteiger charge is -2.44. The summed E-state index contributed by atoms with van der Waals surface area (Å²) in [5.74, 6) is 5.57. The molecule has 0 saturated carbocycles. The van der Waals surface area contributed by atoms with Crippen LogP contribution in [0.3, 0.4) is 0 Å². The van der Waals surface area contributed by atoms with Gasteiger partial charge in [-0.3, -0.25) is 0 Å². The van der Waals surface area contributed by atoms with Crippen molar-refractivity contribution in [3.05, 3.63) is 93.7 Å². The second-order valence-electron chi connectivity index (χ2n) is 43.2. The van der Waals surface area contributed by atoms with Gasteiger partial charge in [-0.2, -0.15) is 0 Å². The van der Waals surface area contributed by atoms with Gasteiger partial charge in [0, 0.05) is 37.4 Å². The zero-order valence-corrected chi connectivity index (χ0v) is 93.7. The number of hydrogen-bond donors (Lipinski definition) is 0. The summed E-state index contributed by atoms with van der Waals surface area (Å²) in [4.78, 5) is 3.84. The van der Waals surface area contributed by atoms with Gasteiger partial charge in [-0.15, -0.1) is 34.9 Å². The van der Waals surface area contributed by atoms with E-state index >= 15 is 0 Å². The van der Waals surface area contributed by atoms with Crippen LogP contribution in [0.15, 0.2) is 72.8 Å². The Bertz CT molecular complexity index is 3420. The first kappa shape index (κ1) is 120. The molecule has 4 aromatic rings.